The molecule has 1 aromatic carbocycles. The first kappa shape index (κ1) is 9.99. The van der Waals surface area contributed by atoms with E-state index >= 15 is 0 Å². The summed E-state index contributed by atoms with van der Waals surface area (Å²) in [6, 6.07) is 5.36. The summed E-state index contributed by atoms with van der Waals surface area (Å²) in [7, 11) is 0. The number of Topliss-reactive ketones (excluding diaryl/α,β-unsaturated/α-hetero) is 1. The second kappa shape index (κ2) is 3.40. The minimum absolute atomic E-state index is 0.0849. The van der Waals surface area contributed by atoms with Gasteiger partial charge in [-0.3, -0.25) is 9.59 Å². The highest BCUT2D eigenvalue weighted by molar-refractivity contribution is 9.10. The molecule has 1 saturated heterocycles. The number of hydrogen-bond donors (Lipinski definition) is 0. The molecule has 0 aliphatic carbocycles. The molecule has 1 amide bonds. The summed E-state index contributed by atoms with van der Waals surface area (Å²) in [4.78, 5) is 25.0. The van der Waals surface area contributed by atoms with Crippen LogP contribution >= 0.6 is 15.9 Å². The molecule has 2 heterocycles. The van der Waals surface area contributed by atoms with Gasteiger partial charge in [-0.1, -0.05) is 6.07 Å². The van der Waals surface area contributed by atoms with Gasteiger partial charge in [0.2, 0.25) is 0 Å². The number of fused-ring (bicyclic) bond motifs is 1. The maximum Gasteiger partial charge on any atom is 0.299 e. The molecule has 2 aliphatic heterocycles. The van der Waals surface area contributed by atoms with Gasteiger partial charge in [0.1, 0.15) is 0 Å². The number of nitrogens with zero attached hydrogens (tertiary/aromatic N) is 1. The minimum Gasteiger partial charge on any atom is -0.371 e. The molecule has 82 valence electrons. The zero-order valence-corrected chi connectivity index (χ0v) is 9.86. The first-order valence-electron chi connectivity index (χ1n) is 4.95. The number of carbonyl (C=O) groups is 2. The van der Waals surface area contributed by atoms with Crippen LogP contribution in [0.15, 0.2) is 22.7 Å². The highest BCUT2D eigenvalue weighted by Crippen LogP contribution is 2.35. The SMILES string of the molecule is O=C1C(=O)N(CC2CO2)c2cccc(Br)c21. The van der Waals surface area contributed by atoms with Crippen LogP contribution in [-0.2, 0) is 9.53 Å². The second-order valence-corrected chi connectivity index (χ2v) is 4.69. The molecule has 5 heteroatoms. The lowest BCUT2D eigenvalue weighted by atomic mass is 10.1. The molecule has 0 bridgehead atoms. The van der Waals surface area contributed by atoms with Crippen molar-refractivity contribution in [1.29, 1.82) is 0 Å². The van der Waals surface area contributed by atoms with Crippen LogP contribution in [-0.4, -0.2) is 30.9 Å². The Bertz CT molecular complexity index is 496. The van der Waals surface area contributed by atoms with Crippen LogP contribution < -0.4 is 4.90 Å². The summed E-state index contributed by atoms with van der Waals surface area (Å²) in [6.07, 6.45) is 0.0849. The molecule has 0 N–H and O–H groups in total. The molecule has 1 fully saturated rings. The molecular weight excluding hydrogens is 274 g/mol. The topological polar surface area (TPSA) is 49.9 Å². The van der Waals surface area contributed by atoms with Gasteiger partial charge in [0.25, 0.3) is 11.7 Å². The van der Waals surface area contributed by atoms with E-state index in [2.05, 4.69) is 15.9 Å². The number of benzene rings is 1. The van der Waals surface area contributed by atoms with Crippen LogP contribution in [0.25, 0.3) is 0 Å². The van der Waals surface area contributed by atoms with Crippen molar-refractivity contribution >= 4 is 33.3 Å². The van der Waals surface area contributed by atoms with E-state index in [0.29, 0.717) is 28.9 Å². The second-order valence-electron chi connectivity index (χ2n) is 3.83. The zero-order valence-electron chi connectivity index (χ0n) is 8.27. The highest BCUT2D eigenvalue weighted by atomic mass is 79.9. The molecule has 0 spiro atoms. The Morgan fingerprint density at radius 2 is 2.19 bits per heavy atom. The summed E-state index contributed by atoms with van der Waals surface area (Å²) < 4.78 is 5.75. The Labute approximate surface area is 100 Å². The van der Waals surface area contributed by atoms with E-state index in [9.17, 15) is 9.59 Å². The average Bonchev–Trinajstić information content (AvgIpc) is 3.03. The van der Waals surface area contributed by atoms with Crippen molar-refractivity contribution < 1.29 is 14.3 Å². The lowest BCUT2D eigenvalue weighted by molar-refractivity contribution is -0.114. The van der Waals surface area contributed by atoms with Gasteiger partial charge >= 0.3 is 0 Å². The van der Waals surface area contributed by atoms with Crippen LogP contribution in [0.5, 0.6) is 0 Å². The standard InChI is InChI=1S/C11H8BrNO3/c12-7-2-1-3-8-9(7)10(14)11(15)13(8)4-6-5-16-6/h1-3,6H,4-5H2. The third kappa shape index (κ3) is 1.39. The third-order valence-electron chi connectivity index (χ3n) is 2.74. The molecule has 0 saturated carbocycles. The highest BCUT2D eigenvalue weighted by Gasteiger charge is 2.40. The Hall–Kier alpha value is -1.20. The fourth-order valence-corrected chi connectivity index (χ4v) is 2.40. The molecule has 2 aliphatic rings. The predicted octanol–water partition coefficient (Wildman–Crippen LogP) is 1.38. The number of ether oxygens (including phenoxy) is 1. The van der Waals surface area contributed by atoms with E-state index in [-0.39, 0.29) is 6.10 Å². The molecular formula is C11H8BrNO3. The predicted molar refractivity (Wildman–Crippen MR) is 60.6 cm³/mol. The van der Waals surface area contributed by atoms with E-state index in [1.165, 1.54) is 4.90 Å². The van der Waals surface area contributed by atoms with Gasteiger partial charge in [-0.2, -0.15) is 0 Å². The number of ketones is 1. The van der Waals surface area contributed by atoms with E-state index in [1.54, 1.807) is 12.1 Å². The molecule has 4 nitrogen and oxygen atoms in total. The first-order valence-corrected chi connectivity index (χ1v) is 5.74. The number of epoxide rings is 1. The number of carbonyl (C=O) groups excluding carboxylic acids is 2. The van der Waals surface area contributed by atoms with E-state index in [1.807, 2.05) is 6.07 Å². The van der Waals surface area contributed by atoms with Crippen LogP contribution in [0.1, 0.15) is 10.4 Å². The maximum atomic E-state index is 11.8. The molecule has 3 rings (SSSR count). The summed E-state index contributed by atoms with van der Waals surface area (Å²) >= 11 is 3.29. The summed E-state index contributed by atoms with van der Waals surface area (Å²) in [6.45, 7) is 1.13. The maximum absolute atomic E-state index is 11.8. The van der Waals surface area contributed by atoms with Crippen LogP contribution in [0.4, 0.5) is 5.69 Å². The smallest absolute Gasteiger partial charge is 0.299 e. The van der Waals surface area contributed by atoms with Crippen LogP contribution in [0.3, 0.4) is 0 Å². The van der Waals surface area contributed by atoms with Crippen molar-refractivity contribution in [2.75, 3.05) is 18.1 Å². The monoisotopic (exact) mass is 281 g/mol. The summed E-state index contributed by atoms with van der Waals surface area (Å²) in [5.74, 6) is -0.902. The Morgan fingerprint density at radius 1 is 1.44 bits per heavy atom. The fraction of sp³-hybridized carbons (Fsp3) is 0.273. The van der Waals surface area contributed by atoms with Gasteiger partial charge < -0.3 is 9.64 Å². The minimum atomic E-state index is -0.461. The van der Waals surface area contributed by atoms with E-state index < -0.39 is 11.7 Å². The van der Waals surface area contributed by atoms with Gasteiger partial charge in [0.05, 0.1) is 30.5 Å². The molecule has 1 unspecified atom stereocenters. The van der Waals surface area contributed by atoms with E-state index in [4.69, 9.17) is 4.74 Å². The van der Waals surface area contributed by atoms with Gasteiger partial charge in [-0.25, -0.2) is 0 Å². The molecule has 16 heavy (non-hydrogen) atoms. The van der Waals surface area contributed by atoms with Gasteiger partial charge in [-0.15, -0.1) is 0 Å². The largest absolute Gasteiger partial charge is 0.371 e. The Kier molecular flexibility index (Phi) is 2.12. The van der Waals surface area contributed by atoms with Gasteiger partial charge in [0, 0.05) is 4.47 Å². The van der Waals surface area contributed by atoms with Gasteiger partial charge in [0.15, 0.2) is 0 Å². The van der Waals surface area contributed by atoms with Crippen molar-refractivity contribution in [2.45, 2.75) is 6.10 Å². The lowest BCUT2D eigenvalue weighted by Gasteiger charge is -2.14. The van der Waals surface area contributed by atoms with Crippen molar-refractivity contribution in [1.82, 2.24) is 0 Å². The normalized spacial score (nSPS) is 22.6. The fourth-order valence-electron chi connectivity index (χ4n) is 1.86. The lowest BCUT2D eigenvalue weighted by Crippen LogP contribution is -2.33. The number of rotatable bonds is 2. The van der Waals surface area contributed by atoms with Crippen LogP contribution in [0, 0.1) is 0 Å². The van der Waals surface area contributed by atoms with Crippen molar-refractivity contribution in [3.63, 3.8) is 0 Å². The van der Waals surface area contributed by atoms with Crippen molar-refractivity contribution in [3.8, 4) is 0 Å². The molecule has 1 aromatic rings. The number of anilines is 1. The Balaban J connectivity index is 2.06. The molecule has 0 radical (unpaired) electrons. The van der Waals surface area contributed by atoms with Crippen molar-refractivity contribution in [3.05, 3.63) is 28.2 Å². The zero-order chi connectivity index (χ0) is 11.3. The van der Waals surface area contributed by atoms with E-state index in [0.717, 1.165) is 0 Å². The quantitative estimate of drug-likeness (QED) is 0.608. The van der Waals surface area contributed by atoms with Gasteiger partial charge in [-0.05, 0) is 28.1 Å². The number of hydrogen-bond acceptors (Lipinski definition) is 3. The summed E-state index contributed by atoms with van der Waals surface area (Å²) in [5, 5.41) is 0. The van der Waals surface area contributed by atoms with Crippen molar-refractivity contribution in [2.24, 2.45) is 0 Å². The number of amides is 1. The molecule has 1 atom stereocenters. The van der Waals surface area contributed by atoms with Crippen LogP contribution in [0.2, 0.25) is 0 Å². The third-order valence-corrected chi connectivity index (χ3v) is 3.40. The average molecular weight is 282 g/mol. The summed E-state index contributed by atoms with van der Waals surface area (Å²) in [5.41, 5.74) is 1.15. The first-order chi connectivity index (χ1) is 7.68. The molecule has 0 aromatic heterocycles. The Morgan fingerprint density at radius 3 is 2.88 bits per heavy atom. The number of halogens is 1.